The molecule has 0 bridgehead atoms. The summed E-state index contributed by atoms with van der Waals surface area (Å²) >= 11 is 0. The maximum atomic E-state index is 14.0. The van der Waals surface area contributed by atoms with Crippen LogP contribution in [-0.4, -0.2) is 50.2 Å². The first kappa shape index (κ1) is 21.6. The zero-order chi connectivity index (χ0) is 22.0. The lowest BCUT2D eigenvalue weighted by atomic mass is 10.1. The van der Waals surface area contributed by atoms with Crippen molar-refractivity contribution in [2.24, 2.45) is 11.8 Å². The van der Waals surface area contributed by atoms with Crippen molar-refractivity contribution >= 4 is 23.1 Å². The molecule has 4 rings (SSSR count). The molecule has 0 aromatic heterocycles. The van der Waals surface area contributed by atoms with Crippen LogP contribution < -0.4 is 15.1 Å². The number of nitrogens with one attached hydrogen (secondary N) is 1. The lowest BCUT2D eigenvalue weighted by molar-refractivity contribution is 0.243. The second-order valence-corrected chi connectivity index (χ2v) is 8.91. The van der Waals surface area contributed by atoms with E-state index in [1.807, 2.05) is 4.90 Å². The van der Waals surface area contributed by atoms with Crippen LogP contribution in [0.15, 0.2) is 42.5 Å². The van der Waals surface area contributed by atoms with Gasteiger partial charge in [0.15, 0.2) is 0 Å². The van der Waals surface area contributed by atoms with Gasteiger partial charge in [-0.2, -0.15) is 0 Å². The van der Waals surface area contributed by atoms with Crippen LogP contribution in [0.25, 0.3) is 0 Å². The predicted octanol–water partition coefficient (Wildman–Crippen LogP) is 4.61. The first-order valence-corrected chi connectivity index (χ1v) is 11.0. The van der Waals surface area contributed by atoms with Gasteiger partial charge in [0, 0.05) is 38.4 Å². The van der Waals surface area contributed by atoms with E-state index in [1.54, 1.807) is 23.1 Å². The van der Waals surface area contributed by atoms with Crippen LogP contribution in [0.1, 0.15) is 20.3 Å². The Morgan fingerprint density at radius 3 is 2.52 bits per heavy atom. The molecule has 2 heterocycles. The van der Waals surface area contributed by atoms with E-state index >= 15 is 0 Å². The molecular formula is C24H30F2N4O. The molecule has 0 aliphatic carbocycles. The van der Waals surface area contributed by atoms with Crippen molar-refractivity contribution in [1.29, 1.82) is 0 Å². The van der Waals surface area contributed by atoms with Gasteiger partial charge in [-0.3, -0.25) is 4.90 Å². The van der Waals surface area contributed by atoms with Crippen molar-refractivity contribution in [1.82, 2.24) is 10.2 Å². The quantitative estimate of drug-likeness (QED) is 0.756. The lowest BCUT2D eigenvalue weighted by Crippen LogP contribution is -2.48. The monoisotopic (exact) mass is 428 g/mol. The Labute approximate surface area is 182 Å². The van der Waals surface area contributed by atoms with Gasteiger partial charge in [-0.05, 0) is 67.3 Å². The van der Waals surface area contributed by atoms with Crippen molar-refractivity contribution in [2.45, 2.75) is 20.3 Å². The number of benzene rings is 2. The zero-order valence-electron chi connectivity index (χ0n) is 18.2. The summed E-state index contributed by atoms with van der Waals surface area (Å²) in [6, 6.07) is 10.4. The zero-order valence-corrected chi connectivity index (χ0v) is 18.2. The van der Waals surface area contributed by atoms with E-state index < -0.39 is 0 Å². The summed E-state index contributed by atoms with van der Waals surface area (Å²) in [4.78, 5) is 19.0. The molecule has 7 heteroatoms. The van der Waals surface area contributed by atoms with Gasteiger partial charge in [-0.15, -0.1) is 0 Å². The number of fused-ring (bicyclic) bond motifs is 1. The summed E-state index contributed by atoms with van der Waals surface area (Å²) < 4.78 is 27.4. The van der Waals surface area contributed by atoms with Gasteiger partial charge in [0.25, 0.3) is 0 Å². The van der Waals surface area contributed by atoms with Gasteiger partial charge in [0.05, 0.1) is 11.4 Å². The first-order valence-electron chi connectivity index (χ1n) is 11.0. The standard InChI is InChI=1S/C24H30F2N4O/c1-17(2)15-28-10-9-18(16-28)14-27-24(31)30-12-11-29(21-6-3-19(25)4-7-21)23-13-20(26)5-8-22(23)30/h3-8,13,17-18H,9-12,14-16H2,1-2H3,(H,27,31)/t18-/m0/s1. The molecule has 2 aromatic carbocycles. The molecule has 1 N–H and O–H groups in total. The summed E-state index contributed by atoms with van der Waals surface area (Å²) in [7, 11) is 0. The molecule has 2 aromatic rings. The van der Waals surface area contributed by atoms with Crippen molar-refractivity contribution < 1.29 is 13.6 Å². The van der Waals surface area contributed by atoms with Crippen LogP contribution >= 0.6 is 0 Å². The van der Waals surface area contributed by atoms with Crippen LogP contribution in [0, 0.1) is 23.5 Å². The number of halogens is 2. The lowest BCUT2D eigenvalue weighted by Gasteiger charge is -2.38. The number of urea groups is 1. The van der Waals surface area contributed by atoms with Gasteiger partial charge in [-0.1, -0.05) is 13.8 Å². The summed E-state index contributed by atoms with van der Waals surface area (Å²) in [6.07, 6.45) is 1.09. The van der Waals surface area contributed by atoms with E-state index in [1.165, 1.54) is 24.3 Å². The summed E-state index contributed by atoms with van der Waals surface area (Å²) in [6.45, 7) is 9.24. The summed E-state index contributed by atoms with van der Waals surface area (Å²) in [5.74, 6) is 0.406. The van der Waals surface area contributed by atoms with Crippen molar-refractivity contribution in [3.8, 4) is 0 Å². The van der Waals surface area contributed by atoms with Gasteiger partial charge in [-0.25, -0.2) is 13.6 Å². The maximum Gasteiger partial charge on any atom is 0.322 e. The first-order chi connectivity index (χ1) is 14.9. The normalized spacial score (nSPS) is 19.1. The number of rotatable bonds is 5. The minimum Gasteiger partial charge on any atom is -0.338 e. The van der Waals surface area contributed by atoms with Crippen LogP contribution in [0.4, 0.5) is 30.6 Å². The molecule has 2 amide bonds. The highest BCUT2D eigenvalue weighted by Gasteiger charge is 2.29. The van der Waals surface area contributed by atoms with Gasteiger partial charge >= 0.3 is 6.03 Å². The molecule has 31 heavy (non-hydrogen) atoms. The van der Waals surface area contributed by atoms with Gasteiger partial charge < -0.3 is 15.1 Å². The number of likely N-dealkylation sites (tertiary alicyclic amines) is 1. The number of nitrogens with zero attached hydrogens (tertiary/aromatic N) is 3. The molecule has 1 fully saturated rings. The largest absolute Gasteiger partial charge is 0.338 e. The van der Waals surface area contributed by atoms with E-state index in [4.69, 9.17) is 0 Å². The molecule has 0 radical (unpaired) electrons. The second kappa shape index (κ2) is 9.22. The minimum atomic E-state index is -0.371. The molecule has 0 saturated carbocycles. The summed E-state index contributed by atoms with van der Waals surface area (Å²) in [5.41, 5.74) is 2.03. The number of hydrogen-bond acceptors (Lipinski definition) is 3. The molecule has 0 spiro atoms. The predicted molar refractivity (Wildman–Crippen MR) is 120 cm³/mol. The SMILES string of the molecule is CC(C)CN1CC[C@@H](CNC(=O)N2CCN(c3ccc(F)cc3)c3cc(F)ccc32)C1. The van der Waals surface area contributed by atoms with Crippen molar-refractivity contribution in [2.75, 3.05) is 49.1 Å². The number of hydrogen-bond donors (Lipinski definition) is 1. The third-order valence-electron chi connectivity index (χ3n) is 5.99. The van der Waals surface area contributed by atoms with E-state index in [-0.39, 0.29) is 17.7 Å². The third kappa shape index (κ3) is 4.98. The Morgan fingerprint density at radius 1 is 1.03 bits per heavy atom. The highest BCUT2D eigenvalue weighted by Crippen LogP contribution is 2.38. The van der Waals surface area contributed by atoms with Crippen molar-refractivity contribution in [3.05, 3.63) is 54.1 Å². The maximum absolute atomic E-state index is 14.0. The summed E-state index contributed by atoms with van der Waals surface area (Å²) in [5, 5.41) is 3.08. The molecular weight excluding hydrogens is 398 g/mol. The smallest absolute Gasteiger partial charge is 0.322 e. The number of carbonyl (C=O) groups is 1. The molecule has 2 aliphatic rings. The Balaban J connectivity index is 1.45. The van der Waals surface area contributed by atoms with Crippen LogP contribution in [0.5, 0.6) is 0 Å². The fraction of sp³-hybridized carbons (Fsp3) is 0.458. The molecule has 1 saturated heterocycles. The van der Waals surface area contributed by atoms with E-state index in [0.29, 0.717) is 42.8 Å². The highest BCUT2D eigenvalue weighted by atomic mass is 19.1. The Bertz CT molecular complexity index is 918. The molecule has 2 aliphatic heterocycles. The molecule has 1 atom stereocenters. The molecule has 166 valence electrons. The number of amides is 2. The Kier molecular flexibility index (Phi) is 6.41. The molecule has 0 unspecified atom stereocenters. The van der Waals surface area contributed by atoms with Gasteiger partial charge in [0.2, 0.25) is 0 Å². The van der Waals surface area contributed by atoms with Crippen LogP contribution in [0.3, 0.4) is 0 Å². The average Bonchev–Trinajstić information content (AvgIpc) is 3.18. The number of anilines is 3. The number of carbonyl (C=O) groups excluding carboxylic acids is 1. The highest BCUT2D eigenvalue weighted by molar-refractivity contribution is 5.97. The Morgan fingerprint density at radius 2 is 1.77 bits per heavy atom. The van der Waals surface area contributed by atoms with E-state index in [2.05, 4.69) is 24.1 Å². The second-order valence-electron chi connectivity index (χ2n) is 8.91. The minimum absolute atomic E-state index is 0.158. The van der Waals surface area contributed by atoms with Gasteiger partial charge in [0.1, 0.15) is 11.6 Å². The van der Waals surface area contributed by atoms with E-state index in [0.717, 1.165) is 31.7 Å². The van der Waals surface area contributed by atoms with Crippen molar-refractivity contribution in [3.63, 3.8) is 0 Å². The van der Waals surface area contributed by atoms with Crippen LogP contribution in [0.2, 0.25) is 0 Å². The average molecular weight is 429 g/mol. The fourth-order valence-electron chi connectivity index (χ4n) is 4.57. The van der Waals surface area contributed by atoms with Crippen LogP contribution in [-0.2, 0) is 0 Å². The van der Waals surface area contributed by atoms with E-state index in [9.17, 15) is 13.6 Å². The topological polar surface area (TPSA) is 38.8 Å². The fourth-order valence-corrected chi connectivity index (χ4v) is 4.57. The third-order valence-corrected chi connectivity index (χ3v) is 5.99. The molecule has 5 nitrogen and oxygen atoms in total. The Hall–Kier alpha value is -2.67.